The van der Waals surface area contributed by atoms with Crippen molar-refractivity contribution >= 4 is 27.8 Å². The van der Waals surface area contributed by atoms with Crippen molar-refractivity contribution in [2.75, 3.05) is 24.6 Å². The number of nitrogens with one attached hydrogen (secondary N) is 1. The van der Waals surface area contributed by atoms with Crippen LogP contribution in [0.3, 0.4) is 0 Å². The van der Waals surface area contributed by atoms with Crippen LogP contribution < -0.4 is 19.2 Å². The number of aromatic hydroxyl groups is 1. The van der Waals surface area contributed by atoms with Crippen molar-refractivity contribution in [1.29, 1.82) is 0 Å². The van der Waals surface area contributed by atoms with E-state index in [4.69, 9.17) is 9.47 Å². The standard InChI is InChI=1S/C25H27N3O6S/c1-4-34-22-10-6-5-9-21(22)28(35(31,32)20-14-12-18(2)13-15-20)17-24(29)27-26-16-19-8-7-11-23(33-3)25(19)30/h5-16,30H,4,17H2,1-3H3,(H,27,29)/b26-16-. The Labute approximate surface area is 204 Å². The van der Waals surface area contributed by atoms with Gasteiger partial charge in [0, 0.05) is 5.56 Å². The molecule has 0 aromatic heterocycles. The van der Waals surface area contributed by atoms with E-state index < -0.39 is 22.5 Å². The molecular weight excluding hydrogens is 470 g/mol. The highest BCUT2D eigenvalue weighted by atomic mass is 32.2. The highest BCUT2D eigenvalue weighted by Gasteiger charge is 2.29. The van der Waals surface area contributed by atoms with Gasteiger partial charge in [-0.05, 0) is 50.2 Å². The minimum Gasteiger partial charge on any atom is -0.504 e. The Morgan fingerprint density at radius 2 is 1.74 bits per heavy atom. The number of ether oxygens (including phenoxy) is 2. The lowest BCUT2D eigenvalue weighted by Gasteiger charge is -2.25. The van der Waals surface area contributed by atoms with Gasteiger partial charge in [-0.25, -0.2) is 13.8 Å². The Kier molecular flexibility index (Phi) is 8.32. The fraction of sp³-hybridized carbons (Fsp3) is 0.200. The summed E-state index contributed by atoms with van der Waals surface area (Å²) in [6.45, 7) is 3.40. The van der Waals surface area contributed by atoms with Crippen molar-refractivity contribution in [3.63, 3.8) is 0 Å². The molecule has 10 heteroatoms. The number of nitrogens with zero attached hydrogens (tertiary/aromatic N) is 2. The number of hydrazone groups is 1. The van der Waals surface area contributed by atoms with Crippen LogP contribution in [0.5, 0.6) is 17.2 Å². The minimum absolute atomic E-state index is 0.0343. The highest BCUT2D eigenvalue weighted by Crippen LogP contribution is 2.32. The number of amides is 1. The smallest absolute Gasteiger partial charge is 0.264 e. The number of rotatable bonds is 10. The average molecular weight is 498 g/mol. The van der Waals surface area contributed by atoms with Crippen molar-refractivity contribution in [2.45, 2.75) is 18.7 Å². The van der Waals surface area contributed by atoms with Gasteiger partial charge < -0.3 is 14.6 Å². The zero-order valence-corrected chi connectivity index (χ0v) is 20.5. The molecule has 0 aliphatic rings. The lowest BCUT2D eigenvalue weighted by molar-refractivity contribution is -0.119. The number of sulfonamides is 1. The molecule has 2 N–H and O–H groups in total. The van der Waals surface area contributed by atoms with E-state index in [0.29, 0.717) is 17.9 Å². The molecule has 0 aliphatic heterocycles. The van der Waals surface area contributed by atoms with Crippen molar-refractivity contribution in [2.24, 2.45) is 5.10 Å². The van der Waals surface area contributed by atoms with Crippen LogP contribution in [0.2, 0.25) is 0 Å². The maximum atomic E-state index is 13.6. The quantitative estimate of drug-likeness (QED) is 0.327. The predicted molar refractivity (Wildman–Crippen MR) is 134 cm³/mol. The van der Waals surface area contributed by atoms with Gasteiger partial charge >= 0.3 is 0 Å². The van der Waals surface area contributed by atoms with E-state index in [9.17, 15) is 18.3 Å². The zero-order valence-electron chi connectivity index (χ0n) is 19.6. The molecule has 0 heterocycles. The molecular formula is C25H27N3O6S. The summed E-state index contributed by atoms with van der Waals surface area (Å²) in [6.07, 6.45) is 1.24. The lowest BCUT2D eigenvalue weighted by atomic mass is 10.2. The first-order valence-electron chi connectivity index (χ1n) is 10.8. The maximum absolute atomic E-state index is 13.6. The molecule has 9 nitrogen and oxygen atoms in total. The van der Waals surface area contributed by atoms with Crippen LogP contribution in [0.25, 0.3) is 0 Å². The summed E-state index contributed by atoms with van der Waals surface area (Å²) in [6, 6.07) is 17.8. The van der Waals surface area contributed by atoms with Crippen LogP contribution in [0.4, 0.5) is 5.69 Å². The second-order valence-corrected chi connectivity index (χ2v) is 9.28. The normalized spacial score (nSPS) is 11.3. The van der Waals surface area contributed by atoms with Gasteiger partial charge in [0.05, 0.1) is 30.5 Å². The van der Waals surface area contributed by atoms with Gasteiger partial charge in [-0.1, -0.05) is 35.9 Å². The second kappa shape index (κ2) is 11.4. The number of anilines is 1. The summed E-state index contributed by atoms with van der Waals surface area (Å²) in [7, 11) is -2.70. The van der Waals surface area contributed by atoms with Crippen molar-refractivity contribution in [3.05, 3.63) is 77.9 Å². The van der Waals surface area contributed by atoms with E-state index in [1.165, 1.54) is 25.5 Å². The molecule has 0 saturated heterocycles. The van der Waals surface area contributed by atoms with Gasteiger partial charge in [-0.3, -0.25) is 9.10 Å². The van der Waals surface area contributed by atoms with E-state index in [0.717, 1.165) is 9.87 Å². The number of hydrogen-bond acceptors (Lipinski definition) is 7. The highest BCUT2D eigenvalue weighted by molar-refractivity contribution is 7.92. The fourth-order valence-electron chi connectivity index (χ4n) is 3.23. The van der Waals surface area contributed by atoms with Crippen molar-refractivity contribution in [1.82, 2.24) is 5.43 Å². The molecule has 0 spiro atoms. The van der Waals surface area contributed by atoms with Crippen molar-refractivity contribution in [3.8, 4) is 17.2 Å². The summed E-state index contributed by atoms with van der Waals surface area (Å²) in [5.74, 6) is -0.251. The first-order valence-corrected chi connectivity index (χ1v) is 12.2. The first kappa shape index (κ1) is 25.6. The molecule has 0 fully saturated rings. The third-order valence-corrected chi connectivity index (χ3v) is 6.75. The summed E-state index contributed by atoms with van der Waals surface area (Å²) in [4.78, 5) is 12.8. The molecule has 0 saturated carbocycles. The van der Waals surface area contributed by atoms with Crippen LogP contribution in [-0.2, 0) is 14.8 Å². The first-order chi connectivity index (χ1) is 16.8. The van der Waals surface area contributed by atoms with Gasteiger partial charge in [0.1, 0.15) is 12.3 Å². The topological polar surface area (TPSA) is 118 Å². The molecule has 1 amide bonds. The molecule has 184 valence electrons. The van der Waals surface area contributed by atoms with Gasteiger partial charge in [-0.15, -0.1) is 0 Å². The second-order valence-electron chi connectivity index (χ2n) is 7.42. The summed E-state index contributed by atoms with van der Waals surface area (Å²) in [5.41, 5.74) is 3.75. The van der Waals surface area contributed by atoms with Crippen LogP contribution in [0.15, 0.2) is 76.7 Å². The van der Waals surface area contributed by atoms with Gasteiger partial charge in [0.2, 0.25) is 0 Å². The number of aryl methyl sites for hydroxylation is 1. The maximum Gasteiger partial charge on any atom is 0.264 e. The number of benzene rings is 3. The minimum atomic E-state index is -4.12. The molecule has 3 aromatic carbocycles. The van der Waals surface area contributed by atoms with E-state index in [-0.39, 0.29) is 22.1 Å². The van der Waals surface area contributed by atoms with Crippen molar-refractivity contribution < 1.29 is 27.8 Å². The number of carbonyl (C=O) groups excluding carboxylic acids is 1. The Morgan fingerprint density at radius 1 is 1.06 bits per heavy atom. The molecule has 0 bridgehead atoms. The van der Waals surface area contributed by atoms with Crippen LogP contribution in [0, 0.1) is 6.92 Å². The number of phenolic OH excluding ortho intramolecular Hbond substituents is 1. The lowest BCUT2D eigenvalue weighted by Crippen LogP contribution is -2.39. The Morgan fingerprint density at radius 3 is 2.43 bits per heavy atom. The molecule has 0 atom stereocenters. The van der Waals surface area contributed by atoms with Crippen LogP contribution in [0.1, 0.15) is 18.1 Å². The molecule has 35 heavy (non-hydrogen) atoms. The largest absolute Gasteiger partial charge is 0.504 e. The Bertz CT molecular complexity index is 1310. The number of carbonyl (C=O) groups is 1. The molecule has 3 rings (SSSR count). The third-order valence-electron chi connectivity index (χ3n) is 4.97. The molecule has 0 unspecified atom stereocenters. The average Bonchev–Trinajstić information content (AvgIpc) is 2.84. The van der Waals surface area contributed by atoms with E-state index in [1.807, 2.05) is 6.92 Å². The van der Waals surface area contributed by atoms with Crippen LogP contribution >= 0.6 is 0 Å². The molecule has 0 aliphatic carbocycles. The number of hydrogen-bond donors (Lipinski definition) is 2. The summed E-state index contributed by atoms with van der Waals surface area (Å²) < 4.78 is 38.8. The predicted octanol–water partition coefficient (Wildman–Crippen LogP) is 3.45. The van der Waals surface area contributed by atoms with E-state index in [1.54, 1.807) is 61.5 Å². The van der Waals surface area contributed by atoms with Gasteiger partial charge in [0.15, 0.2) is 11.5 Å². The SMILES string of the molecule is CCOc1ccccc1N(CC(=O)N/N=C\c1cccc(OC)c1O)S(=O)(=O)c1ccc(C)cc1. The summed E-state index contributed by atoms with van der Waals surface area (Å²) in [5, 5.41) is 14.0. The van der Waals surface area contributed by atoms with Gasteiger partial charge in [-0.2, -0.15) is 5.10 Å². The van der Waals surface area contributed by atoms with E-state index in [2.05, 4.69) is 10.5 Å². The molecule has 3 aromatic rings. The number of methoxy groups -OCH3 is 1. The Balaban J connectivity index is 1.90. The zero-order chi connectivity index (χ0) is 25.4. The van der Waals surface area contributed by atoms with Crippen LogP contribution in [-0.4, -0.2) is 45.9 Å². The fourth-order valence-corrected chi connectivity index (χ4v) is 4.66. The Hall–Kier alpha value is -4.05. The van der Waals surface area contributed by atoms with Gasteiger partial charge in [0.25, 0.3) is 15.9 Å². The number of phenols is 1. The molecule has 0 radical (unpaired) electrons. The monoisotopic (exact) mass is 497 g/mol. The summed E-state index contributed by atoms with van der Waals surface area (Å²) >= 11 is 0. The van der Waals surface area contributed by atoms with E-state index >= 15 is 0 Å². The third kappa shape index (κ3) is 6.10. The number of para-hydroxylation sites is 3.